The van der Waals surface area contributed by atoms with Crippen LogP contribution in [0.1, 0.15) is 23.9 Å². The maximum Gasteiger partial charge on any atom is 0.231 e. The van der Waals surface area contributed by atoms with Crippen molar-refractivity contribution in [1.82, 2.24) is 9.88 Å². The standard InChI is InChI=1S/C16H15N5OS/c1-16(8-14(22)21(2)15(18)20-16)13-7-10(5-6-19-13)12-4-3-11(9-17)23-12/h3-7H,8H2,1-2H3,(H2,18,20)/t16-/m0/s1. The highest BCUT2D eigenvalue weighted by Crippen LogP contribution is 2.35. The Morgan fingerprint density at radius 2 is 2.22 bits per heavy atom. The molecule has 1 aliphatic heterocycles. The highest BCUT2D eigenvalue weighted by molar-refractivity contribution is 7.16. The first-order chi connectivity index (χ1) is 10.9. The smallest absolute Gasteiger partial charge is 0.231 e. The summed E-state index contributed by atoms with van der Waals surface area (Å²) in [7, 11) is 1.61. The van der Waals surface area contributed by atoms with Crippen molar-refractivity contribution >= 4 is 23.2 Å². The molecule has 116 valence electrons. The number of carbonyl (C=O) groups excluding carboxylic acids is 1. The molecule has 2 aromatic heterocycles. The number of nitriles is 1. The van der Waals surface area contributed by atoms with E-state index in [2.05, 4.69) is 16.0 Å². The highest BCUT2D eigenvalue weighted by Gasteiger charge is 2.37. The summed E-state index contributed by atoms with van der Waals surface area (Å²) in [5.41, 5.74) is 6.70. The summed E-state index contributed by atoms with van der Waals surface area (Å²) in [5.74, 6) is 0.105. The molecule has 0 fully saturated rings. The number of amides is 1. The van der Waals surface area contributed by atoms with E-state index < -0.39 is 5.54 Å². The van der Waals surface area contributed by atoms with E-state index in [0.717, 1.165) is 10.4 Å². The normalized spacial score (nSPS) is 21.0. The minimum atomic E-state index is -0.779. The zero-order valence-corrected chi connectivity index (χ0v) is 13.6. The lowest BCUT2D eigenvalue weighted by molar-refractivity contribution is -0.128. The van der Waals surface area contributed by atoms with Crippen LogP contribution >= 0.6 is 11.3 Å². The molecule has 3 rings (SSSR count). The number of pyridine rings is 1. The third kappa shape index (κ3) is 2.69. The zero-order valence-electron chi connectivity index (χ0n) is 12.8. The van der Waals surface area contributed by atoms with Crippen molar-refractivity contribution in [1.29, 1.82) is 5.26 Å². The number of hydrogen-bond acceptors (Lipinski definition) is 6. The van der Waals surface area contributed by atoms with Gasteiger partial charge >= 0.3 is 0 Å². The summed E-state index contributed by atoms with van der Waals surface area (Å²) < 4.78 is 0. The molecule has 1 atom stereocenters. The molecule has 0 spiro atoms. The van der Waals surface area contributed by atoms with E-state index in [1.165, 1.54) is 16.2 Å². The van der Waals surface area contributed by atoms with Gasteiger partial charge in [-0.2, -0.15) is 5.26 Å². The molecular formula is C16H15N5OS. The Balaban J connectivity index is 2.03. The SMILES string of the molecule is CN1C(=O)C[C@@](C)(c2cc(-c3ccc(C#N)s3)ccn2)N=C1N. The molecule has 1 aliphatic rings. The fourth-order valence-corrected chi connectivity index (χ4v) is 3.29. The number of rotatable bonds is 2. The Bertz CT molecular complexity index is 850. The molecule has 23 heavy (non-hydrogen) atoms. The van der Waals surface area contributed by atoms with Gasteiger partial charge in [-0.3, -0.25) is 14.7 Å². The zero-order chi connectivity index (χ0) is 16.6. The highest BCUT2D eigenvalue weighted by atomic mass is 32.1. The molecule has 0 saturated carbocycles. The fraction of sp³-hybridized carbons (Fsp3) is 0.250. The molecule has 0 saturated heterocycles. The Hall–Kier alpha value is -2.72. The number of carbonyl (C=O) groups is 1. The summed E-state index contributed by atoms with van der Waals surface area (Å²) in [6, 6.07) is 9.61. The first-order valence-electron chi connectivity index (χ1n) is 7.02. The van der Waals surface area contributed by atoms with Crippen molar-refractivity contribution in [2.45, 2.75) is 18.9 Å². The van der Waals surface area contributed by atoms with Gasteiger partial charge < -0.3 is 5.73 Å². The minimum absolute atomic E-state index is 0.0879. The number of nitrogens with two attached hydrogens (primary N) is 1. The second kappa shape index (κ2) is 5.48. The summed E-state index contributed by atoms with van der Waals surface area (Å²) in [4.78, 5) is 23.9. The lowest BCUT2D eigenvalue weighted by Gasteiger charge is -2.32. The predicted molar refractivity (Wildman–Crippen MR) is 88.6 cm³/mol. The molecule has 3 heterocycles. The summed E-state index contributed by atoms with van der Waals surface area (Å²) in [6.45, 7) is 1.85. The van der Waals surface area contributed by atoms with Crippen LogP contribution in [0.25, 0.3) is 10.4 Å². The van der Waals surface area contributed by atoms with Crippen LogP contribution in [0, 0.1) is 11.3 Å². The van der Waals surface area contributed by atoms with E-state index in [-0.39, 0.29) is 18.3 Å². The molecule has 2 N–H and O–H groups in total. The van der Waals surface area contributed by atoms with Crippen molar-refractivity contribution in [2.24, 2.45) is 10.7 Å². The fourth-order valence-electron chi connectivity index (χ4n) is 2.49. The van der Waals surface area contributed by atoms with E-state index in [1.54, 1.807) is 19.3 Å². The molecular weight excluding hydrogens is 310 g/mol. The molecule has 0 aliphatic carbocycles. The van der Waals surface area contributed by atoms with Gasteiger partial charge in [0.2, 0.25) is 5.91 Å². The molecule has 0 radical (unpaired) electrons. The van der Waals surface area contributed by atoms with Crippen molar-refractivity contribution in [2.75, 3.05) is 7.05 Å². The van der Waals surface area contributed by atoms with Crippen molar-refractivity contribution in [3.63, 3.8) is 0 Å². The Morgan fingerprint density at radius 3 is 2.87 bits per heavy atom. The molecule has 7 heteroatoms. The Labute approximate surface area is 137 Å². The van der Waals surface area contributed by atoms with Crippen molar-refractivity contribution in [3.8, 4) is 16.5 Å². The second-order valence-corrected chi connectivity index (χ2v) is 6.66. The van der Waals surface area contributed by atoms with Gasteiger partial charge in [0.15, 0.2) is 5.96 Å². The number of guanidine groups is 1. The number of aromatic nitrogens is 1. The maximum absolute atomic E-state index is 12.1. The van der Waals surface area contributed by atoms with Crippen LogP contribution in [0.3, 0.4) is 0 Å². The number of aliphatic imine (C=N–C) groups is 1. The second-order valence-electron chi connectivity index (χ2n) is 5.58. The first-order valence-corrected chi connectivity index (χ1v) is 7.83. The third-order valence-corrected chi connectivity index (χ3v) is 4.93. The molecule has 0 bridgehead atoms. The van der Waals surface area contributed by atoms with E-state index in [9.17, 15) is 4.79 Å². The average molecular weight is 325 g/mol. The van der Waals surface area contributed by atoms with Gasteiger partial charge in [0, 0.05) is 18.1 Å². The summed E-state index contributed by atoms with van der Waals surface area (Å²) >= 11 is 1.42. The molecule has 1 amide bonds. The molecule has 0 unspecified atom stereocenters. The number of nitrogens with zero attached hydrogens (tertiary/aromatic N) is 4. The topological polar surface area (TPSA) is 95.4 Å². The maximum atomic E-state index is 12.1. The molecule has 0 aromatic carbocycles. The van der Waals surface area contributed by atoms with Crippen LogP contribution < -0.4 is 5.73 Å². The first kappa shape index (κ1) is 15.2. The van der Waals surface area contributed by atoms with Crippen LogP contribution in [-0.4, -0.2) is 28.8 Å². The van der Waals surface area contributed by atoms with Crippen LogP contribution in [0.5, 0.6) is 0 Å². The van der Waals surface area contributed by atoms with Crippen LogP contribution in [-0.2, 0) is 10.3 Å². The van der Waals surface area contributed by atoms with Gasteiger partial charge in [-0.05, 0) is 36.8 Å². The van der Waals surface area contributed by atoms with Gasteiger partial charge in [0.25, 0.3) is 0 Å². The van der Waals surface area contributed by atoms with Gasteiger partial charge in [0.05, 0.1) is 12.1 Å². The largest absolute Gasteiger partial charge is 0.369 e. The molecule has 6 nitrogen and oxygen atoms in total. The van der Waals surface area contributed by atoms with E-state index >= 15 is 0 Å². The van der Waals surface area contributed by atoms with E-state index in [1.807, 2.05) is 25.1 Å². The quantitative estimate of drug-likeness (QED) is 0.914. The number of hydrogen-bond donors (Lipinski definition) is 1. The Kier molecular flexibility index (Phi) is 3.62. The van der Waals surface area contributed by atoms with Crippen molar-refractivity contribution in [3.05, 3.63) is 41.0 Å². The monoisotopic (exact) mass is 325 g/mol. The van der Waals surface area contributed by atoms with E-state index in [4.69, 9.17) is 11.0 Å². The Morgan fingerprint density at radius 1 is 1.43 bits per heavy atom. The minimum Gasteiger partial charge on any atom is -0.369 e. The van der Waals surface area contributed by atoms with E-state index in [0.29, 0.717) is 10.6 Å². The lowest BCUT2D eigenvalue weighted by atomic mass is 9.91. The average Bonchev–Trinajstić information content (AvgIpc) is 3.02. The van der Waals surface area contributed by atoms with Gasteiger partial charge in [-0.1, -0.05) is 0 Å². The summed E-state index contributed by atoms with van der Waals surface area (Å²) in [5, 5.41) is 8.95. The van der Waals surface area contributed by atoms with Gasteiger partial charge in [0.1, 0.15) is 16.5 Å². The van der Waals surface area contributed by atoms with Gasteiger partial charge in [-0.15, -0.1) is 11.3 Å². The van der Waals surface area contributed by atoms with Crippen molar-refractivity contribution < 1.29 is 4.79 Å². The number of thiophene rings is 1. The summed E-state index contributed by atoms with van der Waals surface area (Å²) in [6.07, 6.45) is 1.91. The molecule has 2 aromatic rings. The van der Waals surface area contributed by atoms with Gasteiger partial charge in [-0.25, -0.2) is 4.99 Å². The third-order valence-electron chi connectivity index (χ3n) is 3.89. The van der Waals surface area contributed by atoms with Crippen LogP contribution in [0.2, 0.25) is 0 Å². The lowest BCUT2D eigenvalue weighted by Crippen LogP contribution is -2.47. The van der Waals surface area contributed by atoms with Crippen LogP contribution in [0.15, 0.2) is 35.5 Å². The van der Waals surface area contributed by atoms with Crippen LogP contribution in [0.4, 0.5) is 0 Å². The predicted octanol–water partition coefficient (Wildman–Crippen LogP) is 2.07.